The topological polar surface area (TPSA) is 36.3 Å². The Morgan fingerprint density at radius 2 is 2.04 bits per heavy atom. The van der Waals surface area contributed by atoms with Crippen LogP contribution in [0.3, 0.4) is 0 Å². The first-order valence-corrected chi connectivity index (χ1v) is 9.25. The molecule has 0 spiro atoms. The SMILES string of the molecule is C=CCc1ccccc1OCCn1c(C2CCCO2)nc2ccccc21. The summed E-state index contributed by atoms with van der Waals surface area (Å²) in [5.41, 5.74) is 3.32. The largest absolute Gasteiger partial charge is 0.491 e. The van der Waals surface area contributed by atoms with E-state index in [2.05, 4.69) is 35.4 Å². The van der Waals surface area contributed by atoms with E-state index in [9.17, 15) is 0 Å². The summed E-state index contributed by atoms with van der Waals surface area (Å²) in [4.78, 5) is 4.84. The van der Waals surface area contributed by atoms with E-state index in [4.69, 9.17) is 14.5 Å². The third kappa shape index (κ3) is 3.37. The van der Waals surface area contributed by atoms with Gasteiger partial charge in [-0.25, -0.2) is 4.98 Å². The number of hydrogen-bond donors (Lipinski definition) is 0. The first-order valence-electron chi connectivity index (χ1n) is 9.25. The summed E-state index contributed by atoms with van der Waals surface area (Å²) in [7, 11) is 0. The van der Waals surface area contributed by atoms with Gasteiger partial charge in [0, 0.05) is 6.61 Å². The van der Waals surface area contributed by atoms with Crippen molar-refractivity contribution in [2.24, 2.45) is 0 Å². The Hall–Kier alpha value is -2.59. The summed E-state index contributed by atoms with van der Waals surface area (Å²) >= 11 is 0. The maximum atomic E-state index is 6.09. The number of rotatable bonds is 7. The maximum Gasteiger partial charge on any atom is 0.139 e. The van der Waals surface area contributed by atoms with Crippen molar-refractivity contribution in [3.63, 3.8) is 0 Å². The molecule has 1 atom stereocenters. The molecule has 1 aromatic heterocycles. The number of nitrogens with zero attached hydrogens (tertiary/aromatic N) is 2. The second kappa shape index (κ2) is 7.75. The predicted octanol–water partition coefficient (Wildman–Crippen LogP) is 4.70. The number of hydrogen-bond acceptors (Lipinski definition) is 3. The number of fused-ring (bicyclic) bond motifs is 1. The van der Waals surface area contributed by atoms with Crippen molar-refractivity contribution in [1.82, 2.24) is 9.55 Å². The van der Waals surface area contributed by atoms with Crippen molar-refractivity contribution in [1.29, 1.82) is 0 Å². The quantitative estimate of drug-likeness (QED) is 0.581. The van der Waals surface area contributed by atoms with Gasteiger partial charge in [0.2, 0.25) is 0 Å². The van der Waals surface area contributed by atoms with Crippen molar-refractivity contribution in [3.05, 3.63) is 72.6 Å². The first-order chi connectivity index (χ1) is 12.9. The minimum atomic E-state index is 0.0930. The average molecular weight is 348 g/mol. The van der Waals surface area contributed by atoms with Crippen LogP contribution in [0.5, 0.6) is 5.75 Å². The van der Waals surface area contributed by atoms with Crippen LogP contribution in [0.1, 0.15) is 30.3 Å². The van der Waals surface area contributed by atoms with Crippen LogP contribution in [0.25, 0.3) is 11.0 Å². The van der Waals surface area contributed by atoms with E-state index < -0.39 is 0 Å². The molecule has 2 aromatic carbocycles. The van der Waals surface area contributed by atoms with Gasteiger partial charge in [-0.15, -0.1) is 6.58 Å². The molecule has 0 amide bonds. The highest BCUT2D eigenvalue weighted by Crippen LogP contribution is 2.30. The fourth-order valence-electron chi connectivity index (χ4n) is 3.57. The molecule has 1 saturated heterocycles. The molecule has 0 radical (unpaired) electrons. The first kappa shape index (κ1) is 16.9. The molecule has 4 heteroatoms. The molecule has 0 saturated carbocycles. The van der Waals surface area contributed by atoms with Gasteiger partial charge in [0.25, 0.3) is 0 Å². The highest BCUT2D eigenvalue weighted by Gasteiger charge is 2.24. The van der Waals surface area contributed by atoms with E-state index in [1.807, 2.05) is 30.3 Å². The second-order valence-electron chi connectivity index (χ2n) is 6.56. The van der Waals surface area contributed by atoms with Crippen LogP contribution in [-0.4, -0.2) is 22.8 Å². The number of benzene rings is 2. The Morgan fingerprint density at radius 3 is 2.88 bits per heavy atom. The normalized spacial score (nSPS) is 16.8. The molecular weight excluding hydrogens is 324 g/mol. The summed E-state index contributed by atoms with van der Waals surface area (Å²) in [6, 6.07) is 16.4. The van der Waals surface area contributed by atoms with E-state index in [1.54, 1.807) is 0 Å². The highest BCUT2D eigenvalue weighted by atomic mass is 16.5. The summed E-state index contributed by atoms with van der Waals surface area (Å²) in [6.07, 6.45) is 4.94. The van der Waals surface area contributed by atoms with E-state index in [0.717, 1.165) is 60.6 Å². The molecule has 1 fully saturated rings. The Bertz CT molecular complexity index is 894. The Labute approximate surface area is 154 Å². The molecule has 0 bridgehead atoms. The number of imidazole rings is 1. The monoisotopic (exact) mass is 348 g/mol. The molecule has 0 N–H and O–H groups in total. The number of aromatic nitrogens is 2. The number of ether oxygens (including phenoxy) is 2. The fourth-order valence-corrected chi connectivity index (χ4v) is 3.57. The van der Waals surface area contributed by atoms with E-state index in [1.165, 1.54) is 0 Å². The van der Waals surface area contributed by atoms with Gasteiger partial charge in [-0.3, -0.25) is 0 Å². The van der Waals surface area contributed by atoms with Crippen LogP contribution >= 0.6 is 0 Å². The van der Waals surface area contributed by atoms with Crippen LogP contribution in [0.2, 0.25) is 0 Å². The second-order valence-corrected chi connectivity index (χ2v) is 6.56. The van der Waals surface area contributed by atoms with Gasteiger partial charge in [0.05, 0.1) is 17.6 Å². The number of para-hydroxylation sites is 3. The molecule has 1 unspecified atom stereocenters. The van der Waals surface area contributed by atoms with Gasteiger partial charge in [-0.05, 0) is 43.0 Å². The van der Waals surface area contributed by atoms with Gasteiger partial charge in [-0.2, -0.15) is 0 Å². The van der Waals surface area contributed by atoms with Gasteiger partial charge in [-0.1, -0.05) is 36.4 Å². The molecule has 1 aliphatic heterocycles. The molecule has 1 aliphatic rings. The molecule has 4 nitrogen and oxygen atoms in total. The lowest BCUT2D eigenvalue weighted by Gasteiger charge is -2.15. The lowest BCUT2D eigenvalue weighted by molar-refractivity contribution is 0.101. The molecule has 134 valence electrons. The van der Waals surface area contributed by atoms with E-state index in [0.29, 0.717) is 6.61 Å². The minimum Gasteiger partial charge on any atom is -0.491 e. The fraction of sp³-hybridized carbons (Fsp3) is 0.318. The average Bonchev–Trinajstić information content (AvgIpc) is 3.31. The summed E-state index contributed by atoms with van der Waals surface area (Å²) in [5, 5.41) is 0. The van der Waals surface area contributed by atoms with Gasteiger partial charge in [0.15, 0.2) is 0 Å². The molecule has 3 aromatic rings. The Kier molecular flexibility index (Phi) is 5.02. The van der Waals surface area contributed by atoms with Crippen molar-refractivity contribution in [2.75, 3.05) is 13.2 Å². The zero-order chi connectivity index (χ0) is 17.8. The maximum absolute atomic E-state index is 6.09. The van der Waals surface area contributed by atoms with Crippen molar-refractivity contribution >= 4 is 11.0 Å². The van der Waals surface area contributed by atoms with Gasteiger partial charge < -0.3 is 14.0 Å². The van der Waals surface area contributed by atoms with Crippen molar-refractivity contribution < 1.29 is 9.47 Å². The molecule has 4 rings (SSSR count). The lowest BCUT2D eigenvalue weighted by atomic mass is 10.1. The van der Waals surface area contributed by atoms with Crippen LogP contribution in [0, 0.1) is 0 Å². The molecule has 2 heterocycles. The van der Waals surface area contributed by atoms with E-state index in [-0.39, 0.29) is 6.10 Å². The van der Waals surface area contributed by atoms with Crippen molar-refractivity contribution in [3.8, 4) is 5.75 Å². The highest BCUT2D eigenvalue weighted by molar-refractivity contribution is 5.76. The summed E-state index contributed by atoms with van der Waals surface area (Å²) < 4.78 is 14.2. The van der Waals surface area contributed by atoms with Crippen LogP contribution in [0.15, 0.2) is 61.2 Å². The molecule has 0 aliphatic carbocycles. The van der Waals surface area contributed by atoms with Crippen LogP contribution in [0.4, 0.5) is 0 Å². The zero-order valence-electron chi connectivity index (χ0n) is 14.9. The van der Waals surface area contributed by atoms with Crippen LogP contribution in [-0.2, 0) is 17.7 Å². The van der Waals surface area contributed by atoms with Gasteiger partial charge >= 0.3 is 0 Å². The lowest BCUT2D eigenvalue weighted by Crippen LogP contribution is -2.14. The minimum absolute atomic E-state index is 0.0930. The number of allylic oxidation sites excluding steroid dienone is 1. The Morgan fingerprint density at radius 1 is 1.19 bits per heavy atom. The predicted molar refractivity (Wildman–Crippen MR) is 103 cm³/mol. The third-order valence-electron chi connectivity index (χ3n) is 4.81. The standard InChI is InChI=1S/C22H24N2O2/c1-2-8-17-9-3-6-12-20(17)26-16-14-24-19-11-5-4-10-18(19)23-22(24)21-13-7-15-25-21/h2-6,9-12,21H,1,7-8,13-16H2. The third-order valence-corrected chi connectivity index (χ3v) is 4.81. The smallest absolute Gasteiger partial charge is 0.139 e. The Balaban J connectivity index is 1.55. The molecule has 26 heavy (non-hydrogen) atoms. The summed E-state index contributed by atoms with van der Waals surface area (Å²) in [5.74, 6) is 1.95. The van der Waals surface area contributed by atoms with Crippen LogP contribution < -0.4 is 4.74 Å². The van der Waals surface area contributed by atoms with E-state index >= 15 is 0 Å². The summed E-state index contributed by atoms with van der Waals surface area (Å²) in [6.45, 7) is 5.98. The van der Waals surface area contributed by atoms with Gasteiger partial charge in [0.1, 0.15) is 24.3 Å². The molecular formula is C22H24N2O2. The zero-order valence-corrected chi connectivity index (χ0v) is 14.9. The van der Waals surface area contributed by atoms with Crippen molar-refractivity contribution in [2.45, 2.75) is 31.9 Å².